The number of rotatable bonds is 8. The highest BCUT2D eigenvalue weighted by Gasteiger charge is 2.28. The van der Waals surface area contributed by atoms with Crippen molar-refractivity contribution in [2.24, 2.45) is 5.92 Å². The predicted octanol–water partition coefficient (Wildman–Crippen LogP) is 2.00. The van der Waals surface area contributed by atoms with Gasteiger partial charge in [0.15, 0.2) is 9.84 Å². The van der Waals surface area contributed by atoms with E-state index in [4.69, 9.17) is 0 Å². The van der Waals surface area contributed by atoms with Gasteiger partial charge in [0, 0.05) is 25.2 Å². The molecule has 1 aliphatic carbocycles. The highest BCUT2D eigenvalue weighted by molar-refractivity contribution is 7.92. The van der Waals surface area contributed by atoms with E-state index in [-0.39, 0.29) is 29.2 Å². The van der Waals surface area contributed by atoms with Crippen molar-refractivity contribution >= 4 is 15.7 Å². The highest BCUT2D eigenvalue weighted by atomic mass is 32.2. The van der Waals surface area contributed by atoms with Crippen LogP contribution in [-0.2, 0) is 21.2 Å². The number of hydrogen-bond donors (Lipinski definition) is 1. The molecule has 24 heavy (non-hydrogen) atoms. The van der Waals surface area contributed by atoms with Crippen LogP contribution in [0, 0.1) is 19.8 Å². The van der Waals surface area contributed by atoms with Crippen LogP contribution in [0.1, 0.15) is 50.4 Å². The van der Waals surface area contributed by atoms with Gasteiger partial charge < -0.3 is 5.32 Å². The smallest absolute Gasteiger partial charge is 0.221 e. The monoisotopic (exact) mass is 355 g/mol. The third-order valence-corrected chi connectivity index (χ3v) is 6.92. The van der Waals surface area contributed by atoms with Gasteiger partial charge in [0.1, 0.15) is 0 Å². The van der Waals surface area contributed by atoms with Gasteiger partial charge in [0.05, 0.1) is 16.7 Å². The van der Waals surface area contributed by atoms with Gasteiger partial charge in [-0.15, -0.1) is 0 Å². The average Bonchev–Trinajstić information content (AvgIpc) is 3.14. The van der Waals surface area contributed by atoms with Crippen LogP contribution in [-0.4, -0.2) is 41.7 Å². The van der Waals surface area contributed by atoms with Crippen molar-refractivity contribution in [3.8, 4) is 0 Å². The molecule has 1 N–H and O–H groups in total. The van der Waals surface area contributed by atoms with E-state index >= 15 is 0 Å². The number of aryl methyl sites for hydroxylation is 2. The molecule has 1 heterocycles. The van der Waals surface area contributed by atoms with E-state index in [2.05, 4.69) is 10.4 Å². The summed E-state index contributed by atoms with van der Waals surface area (Å²) in [5.74, 6) is 0.0187. The summed E-state index contributed by atoms with van der Waals surface area (Å²) < 4.78 is 26.3. The summed E-state index contributed by atoms with van der Waals surface area (Å²) in [6.45, 7) is 7.28. The molecule has 0 bridgehead atoms. The maximum absolute atomic E-state index is 12.2. The molecule has 0 aromatic carbocycles. The minimum Gasteiger partial charge on any atom is -0.356 e. The minimum atomic E-state index is -3.12. The van der Waals surface area contributed by atoms with Crippen molar-refractivity contribution in [3.63, 3.8) is 0 Å². The molecule has 0 aliphatic heterocycles. The van der Waals surface area contributed by atoms with Crippen molar-refractivity contribution in [1.82, 2.24) is 15.1 Å². The summed E-state index contributed by atoms with van der Waals surface area (Å²) in [6.07, 6.45) is 3.54. The Morgan fingerprint density at radius 1 is 1.38 bits per heavy atom. The lowest BCUT2D eigenvalue weighted by Crippen LogP contribution is -2.32. The maximum Gasteiger partial charge on any atom is 0.221 e. The molecule has 136 valence electrons. The Bertz CT molecular complexity index is 661. The Balaban J connectivity index is 1.71. The number of aromatic nitrogens is 2. The summed E-state index contributed by atoms with van der Waals surface area (Å²) in [7, 11) is -3.12. The lowest BCUT2D eigenvalue weighted by Gasteiger charge is -2.15. The molecule has 1 saturated carbocycles. The number of amides is 1. The Hall–Kier alpha value is -1.37. The fourth-order valence-corrected chi connectivity index (χ4v) is 5.10. The second-order valence-electron chi connectivity index (χ2n) is 7.04. The number of sulfone groups is 1. The van der Waals surface area contributed by atoms with Crippen molar-refractivity contribution < 1.29 is 13.2 Å². The van der Waals surface area contributed by atoms with E-state index in [9.17, 15) is 13.2 Å². The normalized spacial score (nSPS) is 17.1. The van der Waals surface area contributed by atoms with Crippen molar-refractivity contribution in [2.45, 2.75) is 64.7 Å². The zero-order chi connectivity index (χ0) is 17.7. The van der Waals surface area contributed by atoms with E-state index < -0.39 is 9.84 Å². The molecule has 1 fully saturated rings. The summed E-state index contributed by atoms with van der Waals surface area (Å²) in [6, 6.07) is 2.03. The molecule has 0 saturated heterocycles. The van der Waals surface area contributed by atoms with Crippen LogP contribution in [0.2, 0.25) is 0 Å². The molecule has 0 unspecified atom stereocenters. The first kappa shape index (κ1) is 19.0. The number of nitrogens with zero attached hydrogens (tertiary/aromatic N) is 2. The van der Waals surface area contributed by atoms with Gasteiger partial charge >= 0.3 is 0 Å². The Morgan fingerprint density at radius 2 is 2.04 bits per heavy atom. The van der Waals surface area contributed by atoms with Crippen molar-refractivity contribution in [1.29, 1.82) is 0 Å². The summed E-state index contributed by atoms with van der Waals surface area (Å²) in [5, 5.41) is 7.04. The first-order valence-corrected chi connectivity index (χ1v) is 10.5. The molecule has 1 aromatic rings. The second kappa shape index (κ2) is 8.14. The standard InChI is InChI=1S/C17H29N3O3S/c1-13(12-20-15(3)10-14(2)19-20)11-18-17(21)8-9-24(22,23)16-6-4-5-7-16/h10,13,16H,4-9,11-12H2,1-3H3,(H,18,21)/t13-/m1/s1. The molecule has 7 heteroatoms. The zero-order valence-electron chi connectivity index (χ0n) is 14.9. The topological polar surface area (TPSA) is 81.1 Å². The molecular formula is C17H29N3O3S. The van der Waals surface area contributed by atoms with Crippen molar-refractivity contribution in [3.05, 3.63) is 17.5 Å². The molecule has 1 aliphatic rings. The minimum absolute atomic E-state index is 0.0324. The third kappa shape index (κ3) is 5.33. The zero-order valence-corrected chi connectivity index (χ0v) is 15.7. The van der Waals surface area contributed by atoms with Crippen LogP contribution in [0.3, 0.4) is 0 Å². The summed E-state index contributed by atoms with van der Waals surface area (Å²) in [4.78, 5) is 11.9. The second-order valence-corrected chi connectivity index (χ2v) is 9.44. The van der Waals surface area contributed by atoms with Gasteiger partial charge in [-0.25, -0.2) is 8.42 Å². The number of carbonyl (C=O) groups is 1. The number of hydrogen-bond acceptors (Lipinski definition) is 4. The fourth-order valence-electron chi connectivity index (χ4n) is 3.25. The summed E-state index contributed by atoms with van der Waals surface area (Å²) in [5.41, 5.74) is 2.09. The Kier molecular flexibility index (Phi) is 6.43. The molecule has 1 aromatic heterocycles. The van der Waals surface area contributed by atoms with Crippen LogP contribution >= 0.6 is 0 Å². The average molecular weight is 356 g/mol. The number of nitrogens with one attached hydrogen (secondary N) is 1. The number of carbonyl (C=O) groups excluding carboxylic acids is 1. The summed E-state index contributed by atoms with van der Waals surface area (Å²) >= 11 is 0. The van der Waals surface area contributed by atoms with E-state index in [1.54, 1.807) is 0 Å². The molecule has 2 rings (SSSR count). The molecule has 0 radical (unpaired) electrons. The van der Waals surface area contributed by atoms with Gasteiger partial charge in [-0.2, -0.15) is 5.10 Å². The van der Waals surface area contributed by atoms with Crippen LogP contribution < -0.4 is 5.32 Å². The van der Waals surface area contributed by atoms with Crippen LogP contribution in [0.4, 0.5) is 0 Å². The molecular weight excluding hydrogens is 326 g/mol. The third-order valence-electron chi connectivity index (χ3n) is 4.66. The van der Waals surface area contributed by atoms with Crippen LogP contribution in [0.25, 0.3) is 0 Å². The lowest BCUT2D eigenvalue weighted by atomic mass is 10.2. The largest absolute Gasteiger partial charge is 0.356 e. The van der Waals surface area contributed by atoms with E-state index in [0.717, 1.165) is 43.6 Å². The van der Waals surface area contributed by atoms with E-state index in [1.165, 1.54) is 0 Å². The van der Waals surface area contributed by atoms with E-state index in [0.29, 0.717) is 6.54 Å². The first-order valence-electron chi connectivity index (χ1n) is 8.77. The fraction of sp³-hybridized carbons (Fsp3) is 0.765. The van der Waals surface area contributed by atoms with Crippen LogP contribution in [0.15, 0.2) is 6.07 Å². The first-order chi connectivity index (χ1) is 11.3. The SMILES string of the molecule is Cc1cc(C)n(C[C@H](C)CNC(=O)CCS(=O)(=O)C2CCCC2)n1. The molecule has 1 atom stereocenters. The molecule has 0 spiro atoms. The Morgan fingerprint density at radius 3 is 2.62 bits per heavy atom. The van der Waals surface area contributed by atoms with Gasteiger partial charge in [-0.3, -0.25) is 9.48 Å². The lowest BCUT2D eigenvalue weighted by molar-refractivity contribution is -0.120. The van der Waals surface area contributed by atoms with Crippen molar-refractivity contribution in [2.75, 3.05) is 12.3 Å². The van der Waals surface area contributed by atoms with Crippen LogP contribution in [0.5, 0.6) is 0 Å². The maximum atomic E-state index is 12.2. The quantitative estimate of drug-likeness (QED) is 0.773. The van der Waals surface area contributed by atoms with E-state index in [1.807, 2.05) is 31.5 Å². The van der Waals surface area contributed by atoms with Gasteiger partial charge in [0.2, 0.25) is 5.91 Å². The predicted molar refractivity (Wildman–Crippen MR) is 94.5 cm³/mol. The van der Waals surface area contributed by atoms with Gasteiger partial charge in [0.25, 0.3) is 0 Å². The molecule has 6 nitrogen and oxygen atoms in total. The Labute approximate surface area is 144 Å². The van der Waals surface area contributed by atoms with Gasteiger partial charge in [-0.1, -0.05) is 19.8 Å². The highest BCUT2D eigenvalue weighted by Crippen LogP contribution is 2.25. The molecule has 1 amide bonds. The van der Waals surface area contributed by atoms with Gasteiger partial charge in [-0.05, 0) is 38.7 Å².